The number of oxime groups is 1. The van der Waals surface area contributed by atoms with E-state index in [0.29, 0.717) is 5.46 Å². The van der Waals surface area contributed by atoms with Gasteiger partial charge in [-0.05, 0) is 40.8 Å². The summed E-state index contributed by atoms with van der Waals surface area (Å²) < 4.78 is 4.78. The molecule has 0 saturated carbocycles. The van der Waals surface area contributed by atoms with E-state index in [2.05, 4.69) is 15.5 Å². The van der Waals surface area contributed by atoms with Gasteiger partial charge in [0.05, 0.1) is 12.6 Å². The first-order chi connectivity index (χ1) is 12.2. The highest BCUT2D eigenvalue weighted by Gasteiger charge is 2.25. The predicted octanol–water partition coefficient (Wildman–Crippen LogP) is 1.47. The Bertz CT molecular complexity index is 990. The molecule has 2 N–H and O–H groups in total. The summed E-state index contributed by atoms with van der Waals surface area (Å²) in [5.41, 5.74) is 2.97. The predicted molar refractivity (Wildman–Crippen MR) is 96.8 cm³/mol. The number of benzene rings is 2. The van der Waals surface area contributed by atoms with Gasteiger partial charge in [-0.15, -0.1) is 5.16 Å². The lowest BCUT2D eigenvalue weighted by molar-refractivity contribution is -0.115. The fourth-order valence-electron chi connectivity index (χ4n) is 2.82. The highest BCUT2D eigenvalue weighted by atomic mass is 16.6. The molecule has 0 radical (unpaired) electrons. The molecule has 4 rings (SSSR count). The molecule has 7 heteroatoms. The number of anilines is 1. The summed E-state index contributed by atoms with van der Waals surface area (Å²) in [6.07, 6.45) is 5.27. The lowest BCUT2D eigenvalue weighted by atomic mass is 9.75. The van der Waals surface area contributed by atoms with Gasteiger partial charge in [0.2, 0.25) is 5.91 Å². The van der Waals surface area contributed by atoms with Crippen LogP contribution < -0.4 is 10.8 Å². The molecule has 1 amide bonds. The quantitative estimate of drug-likeness (QED) is 0.712. The second-order valence-electron chi connectivity index (χ2n) is 5.82. The maximum Gasteiger partial charge on any atom is 0.583 e. The van der Waals surface area contributed by atoms with E-state index in [9.17, 15) is 9.82 Å². The molecule has 1 aromatic heterocycles. The minimum atomic E-state index is -1.06. The summed E-state index contributed by atoms with van der Waals surface area (Å²) in [6, 6.07) is 13.0. The van der Waals surface area contributed by atoms with Crippen molar-refractivity contribution in [3.8, 4) is 0 Å². The minimum Gasteiger partial charge on any atom is -0.427 e. The zero-order chi connectivity index (χ0) is 17.2. The number of aromatic nitrogens is 1. The molecule has 0 fully saturated rings. The Morgan fingerprint density at radius 2 is 2.08 bits per heavy atom. The average molecular weight is 331 g/mol. The Morgan fingerprint density at radius 3 is 3.00 bits per heavy atom. The molecule has 0 bridgehead atoms. The Hall–Kier alpha value is -3.19. The third-order valence-electron chi connectivity index (χ3n) is 4.06. The highest BCUT2D eigenvalue weighted by molar-refractivity contribution is 6.62. The van der Waals surface area contributed by atoms with Gasteiger partial charge in [0, 0.05) is 28.9 Å². The van der Waals surface area contributed by atoms with Gasteiger partial charge in [-0.25, -0.2) is 0 Å². The molecule has 0 unspecified atom stereocenters. The summed E-state index contributed by atoms with van der Waals surface area (Å²) >= 11 is 0. The van der Waals surface area contributed by atoms with Crippen molar-refractivity contribution in [3.05, 3.63) is 66.0 Å². The molecule has 0 spiro atoms. The first-order valence-electron chi connectivity index (χ1n) is 7.83. The molecule has 6 nitrogen and oxygen atoms in total. The smallest absolute Gasteiger partial charge is 0.427 e. The van der Waals surface area contributed by atoms with Crippen LogP contribution in [0.15, 0.2) is 60.0 Å². The summed E-state index contributed by atoms with van der Waals surface area (Å²) in [5, 5.41) is 18.3. The standard InChI is InChI=1S/C18H14BN3O3/c23-18(22-16-3-2-14-10-20-6-5-13(14)9-16)8-12-1-4-17-15(7-12)11-21-25-19(17)24/h1-7,9-11,24H,8H2,(H,22,23). The maximum absolute atomic E-state index is 12.3. The van der Waals surface area contributed by atoms with E-state index in [-0.39, 0.29) is 12.3 Å². The van der Waals surface area contributed by atoms with Crippen LogP contribution in [0.2, 0.25) is 0 Å². The molecule has 3 aromatic rings. The van der Waals surface area contributed by atoms with Gasteiger partial charge in [0.15, 0.2) is 0 Å². The second kappa shape index (κ2) is 6.37. The molecule has 0 saturated heterocycles. The van der Waals surface area contributed by atoms with Crippen molar-refractivity contribution in [2.45, 2.75) is 6.42 Å². The van der Waals surface area contributed by atoms with Gasteiger partial charge < -0.3 is 15.1 Å². The summed E-state index contributed by atoms with van der Waals surface area (Å²) in [7, 11) is -1.06. The van der Waals surface area contributed by atoms with E-state index in [0.717, 1.165) is 27.6 Å². The van der Waals surface area contributed by atoms with Crippen molar-refractivity contribution in [1.82, 2.24) is 4.98 Å². The van der Waals surface area contributed by atoms with Gasteiger partial charge in [-0.2, -0.15) is 0 Å². The molecule has 0 aliphatic carbocycles. The number of fused-ring (bicyclic) bond motifs is 2. The molecular weight excluding hydrogens is 317 g/mol. The van der Waals surface area contributed by atoms with Gasteiger partial charge in [-0.1, -0.05) is 18.2 Å². The summed E-state index contributed by atoms with van der Waals surface area (Å²) in [4.78, 5) is 16.4. The fraction of sp³-hybridized carbons (Fsp3) is 0.0556. The first kappa shape index (κ1) is 15.3. The zero-order valence-corrected chi connectivity index (χ0v) is 13.2. The molecular formula is C18H14BN3O3. The molecule has 1 aliphatic heterocycles. The van der Waals surface area contributed by atoms with E-state index < -0.39 is 7.12 Å². The zero-order valence-electron chi connectivity index (χ0n) is 13.2. The van der Waals surface area contributed by atoms with Crippen LogP contribution in [-0.4, -0.2) is 29.2 Å². The number of rotatable bonds is 3. The Morgan fingerprint density at radius 1 is 1.16 bits per heavy atom. The van der Waals surface area contributed by atoms with E-state index in [4.69, 9.17) is 4.76 Å². The van der Waals surface area contributed by atoms with E-state index in [1.54, 1.807) is 24.5 Å². The Labute approximate surface area is 144 Å². The monoisotopic (exact) mass is 331 g/mol. The van der Waals surface area contributed by atoms with Crippen LogP contribution in [0.1, 0.15) is 11.1 Å². The number of amides is 1. The van der Waals surface area contributed by atoms with Crippen molar-refractivity contribution in [2.75, 3.05) is 5.32 Å². The minimum absolute atomic E-state index is 0.113. The fourth-order valence-corrected chi connectivity index (χ4v) is 2.82. The SMILES string of the molecule is O=C(Cc1ccc2c(c1)C=NOB2O)Nc1ccc2cnccc2c1. The van der Waals surface area contributed by atoms with Crippen molar-refractivity contribution in [2.24, 2.45) is 5.16 Å². The number of carbonyl (C=O) groups is 1. The molecule has 0 atom stereocenters. The third-order valence-corrected chi connectivity index (χ3v) is 4.06. The van der Waals surface area contributed by atoms with Gasteiger partial charge >= 0.3 is 7.12 Å². The molecule has 122 valence electrons. The number of hydrogen-bond acceptors (Lipinski definition) is 5. The number of hydrogen-bond donors (Lipinski definition) is 2. The second-order valence-corrected chi connectivity index (χ2v) is 5.82. The highest BCUT2D eigenvalue weighted by Crippen LogP contribution is 2.18. The maximum atomic E-state index is 12.3. The molecule has 2 aromatic carbocycles. The number of carbonyl (C=O) groups excluding carboxylic acids is 1. The number of nitrogens with zero attached hydrogens (tertiary/aromatic N) is 2. The van der Waals surface area contributed by atoms with Crippen LogP contribution >= 0.6 is 0 Å². The number of pyridine rings is 1. The van der Waals surface area contributed by atoms with E-state index >= 15 is 0 Å². The van der Waals surface area contributed by atoms with Gasteiger partial charge in [0.1, 0.15) is 0 Å². The van der Waals surface area contributed by atoms with E-state index in [1.165, 1.54) is 6.21 Å². The van der Waals surface area contributed by atoms with Crippen molar-refractivity contribution >= 4 is 41.2 Å². The molecule has 25 heavy (non-hydrogen) atoms. The van der Waals surface area contributed by atoms with Crippen LogP contribution in [0.25, 0.3) is 10.8 Å². The Balaban J connectivity index is 1.49. The van der Waals surface area contributed by atoms with Crippen molar-refractivity contribution in [3.63, 3.8) is 0 Å². The lowest BCUT2D eigenvalue weighted by Crippen LogP contribution is -2.37. The van der Waals surface area contributed by atoms with E-state index in [1.807, 2.05) is 30.3 Å². The average Bonchev–Trinajstić information content (AvgIpc) is 2.61. The Kier molecular flexibility index (Phi) is 3.91. The van der Waals surface area contributed by atoms with Crippen LogP contribution in [-0.2, 0) is 16.0 Å². The normalized spacial score (nSPS) is 12.6. The topological polar surface area (TPSA) is 83.8 Å². The van der Waals surface area contributed by atoms with Crippen LogP contribution in [0.5, 0.6) is 0 Å². The van der Waals surface area contributed by atoms with Gasteiger partial charge in [0.25, 0.3) is 0 Å². The van der Waals surface area contributed by atoms with Crippen LogP contribution in [0, 0.1) is 0 Å². The lowest BCUT2D eigenvalue weighted by Gasteiger charge is -2.13. The van der Waals surface area contributed by atoms with Crippen LogP contribution in [0.3, 0.4) is 0 Å². The molecule has 1 aliphatic rings. The van der Waals surface area contributed by atoms with Crippen molar-refractivity contribution in [1.29, 1.82) is 0 Å². The third kappa shape index (κ3) is 3.22. The largest absolute Gasteiger partial charge is 0.583 e. The summed E-state index contributed by atoms with van der Waals surface area (Å²) in [5.74, 6) is -0.113. The van der Waals surface area contributed by atoms with Crippen LogP contribution in [0.4, 0.5) is 5.69 Å². The molecule has 2 heterocycles. The summed E-state index contributed by atoms with van der Waals surface area (Å²) in [6.45, 7) is 0. The van der Waals surface area contributed by atoms with Crippen molar-refractivity contribution < 1.29 is 14.6 Å². The number of nitrogens with one attached hydrogen (secondary N) is 1. The van der Waals surface area contributed by atoms with Gasteiger partial charge in [-0.3, -0.25) is 9.78 Å². The first-order valence-corrected chi connectivity index (χ1v) is 7.83.